The Balaban J connectivity index is 2.48. The number of halogens is 1. The summed E-state index contributed by atoms with van der Waals surface area (Å²) in [5, 5.41) is 9.00. The van der Waals surface area contributed by atoms with E-state index in [4.69, 9.17) is 16.7 Å². The van der Waals surface area contributed by atoms with Crippen molar-refractivity contribution in [1.82, 2.24) is 4.31 Å². The average molecular weight is 410 g/mol. The molecule has 0 saturated carbocycles. The van der Waals surface area contributed by atoms with Crippen molar-refractivity contribution in [3.63, 3.8) is 0 Å². The normalized spacial score (nSPS) is 20.0. The number of carboxylic acids is 1. The molecule has 1 aliphatic rings. The molecule has 1 N–H and O–H groups in total. The molecule has 10 heteroatoms. The van der Waals surface area contributed by atoms with E-state index in [-0.39, 0.29) is 40.0 Å². The second-order valence-corrected chi connectivity index (χ2v) is 10.5. The van der Waals surface area contributed by atoms with Crippen LogP contribution < -0.4 is 0 Å². The standard InChI is InChI=1S/C15H20ClNO6S2/c1-2-3-7-17(12-6-8-24(20,21)10-12)25(22,23)14-9-11(15(18)19)4-5-13(14)16/h4-5,9,12H,2-3,6-8,10H2,1H3,(H,18,19)/t12-/m1/s1. The molecule has 0 bridgehead atoms. The van der Waals surface area contributed by atoms with Gasteiger partial charge in [0, 0.05) is 12.6 Å². The molecule has 0 radical (unpaired) electrons. The van der Waals surface area contributed by atoms with Gasteiger partial charge in [0.2, 0.25) is 10.0 Å². The molecule has 7 nitrogen and oxygen atoms in total. The second-order valence-electron chi connectivity index (χ2n) is 5.98. The molecule has 0 spiro atoms. The number of nitrogens with zero attached hydrogens (tertiary/aromatic N) is 1. The van der Waals surface area contributed by atoms with Gasteiger partial charge in [-0.05, 0) is 31.0 Å². The first-order chi connectivity index (χ1) is 11.6. The monoisotopic (exact) mass is 409 g/mol. The highest BCUT2D eigenvalue weighted by molar-refractivity contribution is 7.92. The SMILES string of the molecule is CCCCN([C@@H]1CCS(=O)(=O)C1)S(=O)(=O)c1cc(C(=O)O)ccc1Cl. The van der Waals surface area contributed by atoms with Crippen LogP contribution in [0.15, 0.2) is 23.1 Å². The lowest BCUT2D eigenvalue weighted by Gasteiger charge is -2.27. The van der Waals surface area contributed by atoms with E-state index in [2.05, 4.69) is 0 Å². The quantitative estimate of drug-likeness (QED) is 0.737. The molecule has 0 unspecified atom stereocenters. The van der Waals surface area contributed by atoms with E-state index in [0.717, 1.165) is 16.8 Å². The van der Waals surface area contributed by atoms with Gasteiger partial charge in [-0.15, -0.1) is 0 Å². The zero-order valence-electron chi connectivity index (χ0n) is 13.7. The molecule has 1 aromatic carbocycles. The van der Waals surface area contributed by atoms with Crippen LogP contribution in [0.2, 0.25) is 5.02 Å². The number of aromatic carboxylic acids is 1. The molecule has 0 aliphatic carbocycles. The maximum absolute atomic E-state index is 13.1. The van der Waals surface area contributed by atoms with E-state index in [1.165, 1.54) is 12.1 Å². The Bertz CT molecular complexity index is 866. The van der Waals surface area contributed by atoms with E-state index in [0.29, 0.717) is 6.42 Å². The molecular weight excluding hydrogens is 390 g/mol. The number of hydrogen-bond donors (Lipinski definition) is 1. The van der Waals surface area contributed by atoms with Gasteiger partial charge < -0.3 is 5.11 Å². The second kappa shape index (κ2) is 7.61. The van der Waals surface area contributed by atoms with E-state index >= 15 is 0 Å². The average Bonchev–Trinajstić information content (AvgIpc) is 2.87. The summed E-state index contributed by atoms with van der Waals surface area (Å²) in [7, 11) is -7.39. The van der Waals surface area contributed by atoms with Gasteiger partial charge in [0.05, 0.1) is 22.1 Å². The number of sulfone groups is 1. The summed E-state index contributed by atoms with van der Waals surface area (Å²) in [6.45, 7) is 2.06. The number of rotatable bonds is 7. The van der Waals surface area contributed by atoms with Gasteiger partial charge in [0.25, 0.3) is 0 Å². The summed E-state index contributed by atoms with van der Waals surface area (Å²) in [5.41, 5.74) is -0.197. The minimum absolute atomic E-state index is 0.0568. The zero-order chi connectivity index (χ0) is 18.8. The van der Waals surface area contributed by atoms with Crippen LogP contribution in [0.5, 0.6) is 0 Å². The number of carboxylic acid groups (broad SMARTS) is 1. The van der Waals surface area contributed by atoms with Gasteiger partial charge in [-0.2, -0.15) is 4.31 Å². The van der Waals surface area contributed by atoms with Crippen LogP contribution in [0.25, 0.3) is 0 Å². The van der Waals surface area contributed by atoms with Crippen LogP contribution in [-0.2, 0) is 19.9 Å². The first-order valence-electron chi connectivity index (χ1n) is 7.83. The van der Waals surface area contributed by atoms with Crippen LogP contribution >= 0.6 is 11.6 Å². The number of unbranched alkanes of at least 4 members (excludes halogenated alkanes) is 1. The third-order valence-electron chi connectivity index (χ3n) is 4.11. The van der Waals surface area contributed by atoms with Crippen molar-refractivity contribution in [2.75, 3.05) is 18.1 Å². The third-order valence-corrected chi connectivity index (χ3v) is 8.30. The van der Waals surface area contributed by atoms with Crippen LogP contribution in [-0.4, -0.2) is 56.3 Å². The lowest BCUT2D eigenvalue weighted by molar-refractivity contribution is 0.0696. The largest absolute Gasteiger partial charge is 0.478 e. The molecule has 140 valence electrons. The van der Waals surface area contributed by atoms with Crippen LogP contribution in [0, 0.1) is 0 Å². The molecular formula is C15H20ClNO6S2. The van der Waals surface area contributed by atoms with Crippen LogP contribution in [0.4, 0.5) is 0 Å². The summed E-state index contributed by atoms with van der Waals surface area (Å²) in [6.07, 6.45) is 1.52. The fourth-order valence-electron chi connectivity index (χ4n) is 2.78. The molecule has 0 aromatic heterocycles. The topological polar surface area (TPSA) is 109 Å². The molecule has 25 heavy (non-hydrogen) atoms. The Hall–Kier alpha value is -1.16. The Labute approximate surface area is 152 Å². The summed E-state index contributed by atoms with van der Waals surface area (Å²) >= 11 is 6.01. The lowest BCUT2D eigenvalue weighted by Crippen LogP contribution is -2.41. The van der Waals surface area contributed by atoms with Gasteiger partial charge in [-0.25, -0.2) is 21.6 Å². The Morgan fingerprint density at radius 3 is 2.60 bits per heavy atom. The zero-order valence-corrected chi connectivity index (χ0v) is 16.1. The molecule has 0 amide bonds. The van der Waals surface area contributed by atoms with Crippen molar-refractivity contribution >= 4 is 37.4 Å². The lowest BCUT2D eigenvalue weighted by atomic mass is 10.2. The molecule has 1 fully saturated rings. The van der Waals surface area contributed by atoms with Crippen LogP contribution in [0.1, 0.15) is 36.5 Å². The molecule has 1 aliphatic heterocycles. The fraction of sp³-hybridized carbons (Fsp3) is 0.533. The number of carbonyl (C=O) groups is 1. The predicted octanol–water partition coefficient (Wildman–Crippen LogP) is 2.02. The Kier molecular flexibility index (Phi) is 6.13. The van der Waals surface area contributed by atoms with Crippen LogP contribution in [0.3, 0.4) is 0 Å². The Morgan fingerprint density at radius 2 is 2.08 bits per heavy atom. The van der Waals surface area contributed by atoms with Gasteiger partial charge >= 0.3 is 5.97 Å². The molecule has 2 rings (SSSR count). The minimum Gasteiger partial charge on any atom is -0.478 e. The maximum Gasteiger partial charge on any atom is 0.335 e. The summed E-state index contributed by atoms with van der Waals surface area (Å²) < 4.78 is 50.9. The number of sulfonamides is 1. The van der Waals surface area contributed by atoms with E-state index in [1.807, 2.05) is 6.92 Å². The Morgan fingerprint density at radius 1 is 1.40 bits per heavy atom. The number of benzene rings is 1. The highest BCUT2D eigenvalue weighted by atomic mass is 35.5. The van der Waals surface area contributed by atoms with Gasteiger partial charge in [0.1, 0.15) is 4.90 Å². The van der Waals surface area contributed by atoms with Gasteiger partial charge in [0.15, 0.2) is 9.84 Å². The van der Waals surface area contributed by atoms with E-state index < -0.39 is 31.9 Å². The van der Waals surface area contributed by atoms with E-state index in [1.54, 1.807) is 0 Å². The predicted molar refractivity (Wildman–Crippen MR) is 94.3 cm³/mol. The van der Waals surface area contributed by atoms with Crippen molar-refractivity contribution in [2.24, 2.45) is 0 Å². The summed E-state index contributed by atoms with van der Waals surface area (Å²) in [4.78, 5) is 10.8. The molecule has 1 aromatic rings. The van der Waals surface area contributed by atoms with Crippen molar-refractivity contribution in [3.8, 4) is 0 Å². The minimum atomic E-state index is -4.12. The highest BCUT2D eigenvalue weighted by Crippen LogP contribution is 2.30. The van der Waals surface area contributed by atoms with Gasteiger partial charge in [-0.1, -0.05) is 24.9 Å². The van der Waals surface area contributed by atoms with Crippen molar-refractivity contribution < 1.29 is 26.7 Å². The smallest absolute Gasteiger partial charge is 0.335 e. The first kappa shape index (κ1) is 20.2. The highest BCUT2D eigenvalue weighted by Gasteiger charge is 2.39. The summed E-state index contributed by atoms with van der Waals surface area (Å²) in [5.74, 6) is -1.55. The summed E-state index contributed by atoms with van der Waals surface area (Å²) in [6, 6.07) is 2.80. The van der Waals surface area contributed by atoms with Crippen molar-refractivity contribution in [2.45, 2.75) is 37.1 Å². The molecule has 1 saturated heterocycles. The van der Waals surface area contributed by atoms with E-state index in [9.17, 15) is 21.6 Å². The third kappa shape index (κ3) is 4.52. The fourth-order valence-corrected chi connectivity index (χ4v) is 6.80. The first-order valence-corrected chi connectivity index (χ1v) is 11.5. The van der Waals surface area contributed by atoms with Crippen molar-refractivity contribution in [3.05, 3.63) is 28.8 Å². The van der Waals surface area contributed by atoms with Gasteiger partial charge in [-0.3, -0.25) is 0 Å². The van der Waals surface area contributed by atoms with Crippen molar-refractivity contribution in [1.29, 1.82) is 0 Å². The molecule has 1 atom stereocenters. The maximum atomic E-state index is 13.1. The molecule has 1 heterocycles. The number of hydrogen-bond acceptors (Lipinski definition) is 5.